The van der Waals surface area contributed by atoms with E-state index in [9.17, 15) is 9.59 Å². The Hall–Kier alpha value is -1.39. The number of imide groups is 1. The van der Waals surface area contributed by atoms with Crippen LogP contribution >= 0.6 is 0 Å². The number of hydrogen-bond acceptors (Lipinski definition) is 4. The number of amides is 2. The Bertz CT molecular complexity index is 423. The molecular weight excluding hydrogens is 244 g/mol. The number of piperidine rings is 1. The Morgan fingerprint density at radius 2 is 2.05 bits per heavy atom. The van der Waals surface area contributed by atoms with E-state index in [1.54, 1.807) is 0 Å². The molecule has 1 fully saturated rings. The minimum Gasteiger partial charge on any atom is -0.382 e. The Balaban J connectivity index is 2.08. The molecule has 2 heterocycles. The minimum atomic E-state index is -0.642. The molecule has 0 aliphatic carbocycles. The summed E-state index contributed by atoms with van der Waals surface area (Å²) in [5, 5.41) is 4.07. The Labute approximate surface area is 114 Å². The summed E-state index contributed by atoms with van der Waals surface area (Å²) in [4.78, 5) is 30.8. The second kappa shape index (κ2) is 4.94. The van der Waals surface area contributed by atoms with Crippen LogP contribution in [0.2, 0.25) is 0 Å². The Morgan fingerprint density at radius 3 is 2.58 bits per heavy atom. The summed E-state index contributed by atoms with van der Waals surface area (Å²) >= 11 is 0. The number of carbonyl (C=O) groups excluding carboxylic acids is 2. The van der Waals surface area contributed by atoms with Crippen LogP contribution in [0.1, 0.15) is 47.0 Å². The van der Waals surface area contributed by atoms with Crippen molar-refractivity contribution in [2.45, 2.75) is 53.1 Å². The van der Waals surface area contributed by atoms with Gasteiger partial charge in [0.15, 0.2) is 0 Å². The average Bonchev–Trinajstić information content (AvgIpc) is 2.70. The van der Waals surface area contributed by atoms with Crippen molar-refractivity contribution in [3.63, 3.8) is 0 Å². The first-order chi connectivity index (χ1) is 8.82. The van der Waals surface area contributed by atoms with Gasteiger partial charge in [0.2, 0.25) is 12.0 Å². The van der Waals surface area contributed by atoms with E-state index in [1.807, 2.05) is 27.7 Å². The first kappa shape index (κ1) is 14.0. The molecule has 5 nitrogen and oxygen atoms in total. The topological polar surface area (TPSA) is 59.0 Å². The van der Waals surface area contributed by atoms with Crippen LogP contribution in [-0.2, 0) is 14.4 Å². The molecule has 5 heteroatoms. The highest BCUT2D eigenvalue weighted by molar-refractivity contribution is 6.02. The summed E-state index contributed by atoms with van der Waals surface area (Å²) in [6, 6.07) is 0. The van der Waals surface area contributed by atoms with E-state index in [-0.39, 0.29) is 23.1 Å². The summed E-state index contributed by atoms with van der Waals surface area (Å²) < 4.78 is 0. The molecule has 0 saturated carbocycles. The zero-order chi connectivity index (χ0) is 14.2. The number of hydrogen-bond donors (Lipinski definition) is 0. The van der Waals surface area contributed by atoms with Crippen molar-refractivity contribution in [3.05, 3.63) is 0 Å². The van der Waals surface area contributed by atoms with Crippen LogP contribution in [0.25, 0.3) is 0 Å². The molecule has 2 amide bonds. The van der Waals surface area contributed by atoms with Crippen molar-refractivity contribution in [2.75, 3.05) is 6.54 Å². The van der Waals surface area contributed by atoms with Gasteiger partial charge in [-0.1, -0.05) is 32.9 Å². The van der Waals surface area contributed by atoms with Gasteiger partial charge in [0.1, 0.15) is 0 Å². The fourth-order valence-corrected chi connectivity index (χ4v) is 2.70. The van der Waals surface area contributed by atoms with Gasteiger partial charge in [-0.3, -0.25) is 14.5 Å². The zero-order valence-electron chi connectivity index (χ0n) is 12.1. The van der Waals surface area contributed by atoms with Crippen LogP contribution in [0, 0.1) is 11.3 Å². The smallest absolute Gasteiger partial charge is 0.273 e. The number of likely N-dealkylation sites (tertiary alicyclic amines) is 1. The molecule has 0 N–H and O–H groups in total. The van der Waals surface area contributed by atoms with E-state index in [2.05, 4.69) is 5.16 Å². The van der Waals surface area contributed by atoms with Crippen molar-refractivity contribution in [2.24, 2.45) is 16.5 Å². The van der Waals surface area contributed by atoms with Gasteiger partial charge in [-0.15, -0.1) is 0 Å². The zero-order valence-corrected chi connectivity index (χ0v) is 12.1. The third-order valence-electron chi connectivity index (χ3n) is 3.75. The summed E-state index contributed by atoms with van der Waals surface area (Å²) in [6.45, 7) is 8.59. The molecule has 0 radical (unpaired) electrons. The quantitative estimate of drug-likeness (QED) is 0.682. The van der Waals surface area contributed by atoms with Gasteiger partial charge in [0.25, 0.3) is 5.91 Å². The van der Waals surface area contributed by atoms with E-state index < -0.39 is 6.10 Å². The highest BCUT2D eigenvalue weighted by Crippen LogP contribution is 2.31. The van der Waals surface area contributed by atoms with Gasteiger partial charge in [-0.25, -0.2) is 0 Å². The normalized spacial score (nSPS) is 28.1. The third-order valence-corrected chi connectivity index (χ3v) is 3.75. The van der Waals surface area contributed by atoms with Crippen LogP contribution in [-0.4, -0.2) is 35.1 Å². The van der Waals surface area contributed by atoms with Crippen molar-refractivity contribution in [1.82, 2.24) is 4.90 Å². The Kier molecular flexibility index (Phi) is 3.65. The molecule has 0 aromatic heterocycles. The summed E-state index contributed by atoms with van der Waals surface area (Å²) in [5.41, 5.74) is 0.760. The molecule has 2 aliphatic heterocycles. The predicted octanol–water partition coefficient (Wildman–Crippen LogP) is 1.96. The highest BCUT2D eigenvalue weighted by atomic mass is 16.6. The van der Waals surface area contributed by atoms with Crippen molar-refractivity contribution >= 4 is 17.5 Å². The third kappa shape index (κ3) is 2.65. The molecule has 2 atom stereocenters. The molecule has 0 aromatic rings. The average molecular weight is 266 g/mol. The maximum atomic E-state index is 12.4. The fourth-order valence-electron chi connectivity index (χ4n) is 2.70. The standard InChI is InChI=1S/C14H22N2O3/c1-9-11(19-15-12(9)14(2,3)4)13(18)16-8-6-5-7-10(16)17/h9,11H,5-8H2,1-4H3/t9-,11+/m1/s1. The number of nitrogens with zero attached hydrogens (tertiary/aromatic N) is 2. The first-order valence-electron chi connectivity index (χ1n) is 6.91. The molecule has 0 bridgehead atoms. The molecular formula is C14H22N2O3. The van der Waals surface area contributed by atoms with Crippen molar-refractivity contribution in [3.8, 4) is 0 Å². The lowest BCUT2D eigenvalue weighted by atomic mass is 9.81. The van der Waals surface area contributed by atoms with Crippen LogP contribution in [0.3, 0.4) is 0 Å². The van der Waals surface area contributed by atoms with Crippen LogP contribution in [0.15, 0.2) is 5.16 Å². The van der Waals surface area contributed by atoms with Crippen LogP contribution < -0.4 is 0 Å². The predicted molar refractivity (Wildman–Crippen MR) is 71.5 cm³/mol. The second-order valence-electron chi connectivity index (χ2n) is 6.38. The lowest BCUT2D eigenvalue weighted by Gasteiger charge is -2.28. The van der Waals surface area contributed by atoms with Gasteiger partial charge in [0.05, 0.1) is 5.71 Å². The van der Waals surface area contributed by atoms with Gasteiger partial charge in [0, 0.05) is 24.3 Å². The molecule has 0 aromatic carbocycles. The maximum absolute atomic E-state index is 12.4. The van der Waals surface area contributed by atoms with Crippen molar-refractivity contribution < 1.29 is 14.4 Å². The summed E-state index contributed by atoms with van der Waals surface area (Å²) in [5.74, 6) is -0.404. The molecule has 106 valence electrons. The van der Waals surface area contributed by atoms with Crippen LogP contribution in [0.5, 0.6) is 0 Å². The van der Waals surface area contributed by atoms with Crippen LogP contribution in [0.4, 0.5) is 0 Å². The lowest BCUT2D eigenvalue weighted by molar-refractivity contribution is -0.154. The van der Waals surface area contributed by atoms with E-state index in [1.165, 1.54) is 4.90 Å². The number of rotatable bonds is 1. The monoisotopic (exact) mass is 266 g/mol. The molecule has 19 heavy (non-hydrogen) atoms. The SMILES string of the molecule is C[C@H]1C(C(C)(C)C)=NO[C@@H]1C(=O)N1CCCCC1=O. The highest BCUT2D eigenvalue weighted by Gasteiger charge is 2.43. The molecule has 2 rings (SSSR count). The molecule has 2 aliphatic rings. The van der Waals surface area contributed by atoms with E-state index >= 15 is 0 Å². The maximum Gasteiger partial charge on any atom is 0.273 e. The largest absolute Gasteiger partial charge is 0.382 e. The fraction of sp³-hybridized carbons (Fsp3) is 0.786. The molecule has 0 unspecified atom stereocenters. The second-order valence-corrected chi connectivity index (χ2v) is 6.38. The van der Waals surface area contributed by atoms with E-state index in [0.29, 0.717) is 13.0 Å². The van der Waals surface area contributed by atoms with Gasteiger partial charge in [-0.05, 0) is 12.8 Å². The van der Waals surface area contributed by atoms with Gasteiger partial charge >= 0.3 is 0 Å². The summed E-state index contributed by atoms with van der Waals surface area (Å²) in [6.07, 6.45) is 1.56. The lowest BCUT2D eigenvalue weighted by Crippen LogP contribution is -2.48. The van der Waals surface area contributed by atoms with Gasteiger partial charge < -0.3 is 4.84 Å². The van der Waals surface area contributed by atoms with E-state index in [4.69, 9.17) is 4.84 Å². The molecule has 0 spiro atoms. The first-order valence-corrected chi connectivity index (χ1v) is 6.91. The number of carbonyl (C=O) groups is 2. The van der Waals surface area contributed by atoms with E-state index in [0.717, 1.165) is 18.6 Å². The Morgan fingerprint density at radius 1 is 1.37 bits per heavy atom. The molecule has 1 saturated heterocycles. The number of oxime groups is 1. The minimum absolute atomic E-state index is 0.0813. The summed E-state index contributed by atoms with van der Waals surface area (Å²) in [7, 11) is 0. The van der Waals surface area contributed by atoms with Crippen molar-refractivity contribution in [1.29, 1.82) is 0 Å². The van der Waals surface area contributed by atoms with Gasteiger partial charge in [-0.2, -0.15) is 0 Å².